The summed E-state index contributed by atoms with van der Waals surface area (Å²) in [5.74, 6) is 0.990. The Bertz CT molecular complexity index is 1220. The zero-order chi connectivity index (χ0) is 20.6. The Hall–Kier alpha value is -2.36. The molecule has 2 aliphatic rings. The summed E-state index contributed by atoms with van der Waals surface area (Å²) >= 11 is 0. The Labute approximate surface area is 174 Å². The van der Waals surface area contributed by atoms with Crippen molar-refractivity contribution in [3.8, 4) is 0 Å². The highest BCUT2D eigenvalue weighted by Crippen LogP contribution is 2.31. The number of ether oxygens (including phenoxy) is 1. The van der Waals surface area contributed by atoms with Crippen molar-refractivity contribution in [1.82, 2.24) is 0 Å². The van der Waals surface area contributed by atoms with E-state index in [2.05, 4.69) is 88.1 Å². The highest BCUT2D eigenvalue weighted by atomic mass is 28.4. The third-order valence-corrected chi connectivity index (χ3v) is 6.47. The van der Waals surface area contributed by atoms with E-state index in [1.807, 2.05) is 0 Å². The molecule has 29 heavy (non-hydrogen) atoms. The van der Waals surface area contributed by atoms with Crippen LogP contribution in [0.3, 0.4) is 0 Å². The highest BCUT2D eigenvalue weighted by molar-refractivity contribution is 6.69. The Morgan fingerprint density at radius 1 is 0.966 bits per heavy atom. The van der Waals surface area contributed by atoms with Gasteiger partial charge < -0.3 is 9.16 Å². The first-order valence-electron chi connectivity index (χ1n) is 10.4. The molecule has 0 aromatic heterocycles. The van der Waals surface area contributed by atoms with Crippen molar-refractivity contribution in [3.63, 3.8) is 0 Å². The second kappa shape index (κ2) is 7.81. The lowest BCUT2D eigenvalue weighted by Gasteiger charge is -2.18. The van der Waals surface area contributed by atoms with Gasteiger partial charge in [0.15, 0.2) is 8.32 Å². The zero-order valence-corrected chi connectivity index (χ0v) is 19.1. The Morgan fingerprint density at radius 2 is 1.76 bits per heavy atom. The first-order valence-corrected chi connectivity index (χ1v) is 13.8. The van der Waals surface area contributed by atoms with Gasteiger partial charge in [-0.2, -0.15) is 0 Å². The molecule has 0 amide bonds. The molecule has 0 aliphatic heterocycles. The van der Waals surface area contributed by atoms with Gasteiger partial charge in [0.05, 0.1) is 6.61 Å². The molecule has 0 heterocycles. The average molecular weight is 403 g/mol. The van der Waals surface area contributed by atoms with E-state index in [1.165, 1.54) is 43.1 Å². The molecule has 0 unspecified atom stereocenters. The van der Waals surface area contributed by atoms with Gasteiger partial charge in [-0.15, -0.1) is 0 Å². The Balaban J connectivity index is 1.80. The molecule has 0 bridgehead atoms. The monoisotopic (exact) mass is 402 g/mol. The lowest BCUT2D eigenvalue weighted by Crippen LogP contribution is -2.27. The number of hydrogen-bond donors (Lipinski definition) is 0. The molecule has 0 saturated carbocycles. The summed E-state index contributed by atoms with van der Waals surface area (Å²) < 4.78 is 12.2. The summed E-state index contributed by atoms with van der Waals surface area (Å²) in [5.41, 5.74) is 5.26. The predicted molar refractivity (Wildman–Crippen MR) is 124 cm³/mol. The third kappa shape index (κ3) is 4.03. The maximum Gasteiger partial charge on any atom is 0.183 e. The van der Waals surface area contributed by atoms with Crippen LogP contribution in [0.4, 0.5) is 0 Å². The van der Waals surface area contributed by atoms with Gasteiger partial charge >= 0.3 is 0 Å². The van der Waals surface area contributed by atoms with Crippen molar-refractivity contribution < 1.29 is 9.16 Å². The highest BCUT2D eigenvalue weighted by Gasteiger charge is 2.20. The quantitative estimate of drug-likeness (QED) is 0.434. The summed E-state index contributed by atoms with van der Waals surface area (Å²) in [7, 11) is -1.51. The number of hydrogen-bond acceptors (Lipinski definition) is 2. The first-order chi connectivity index (χ1) is 13.8. The van der Waals surface area contributed by atoms with Crippen molar-refractivity contribution in [3.05, 3.63) is 86.3 Å². The lowest BCUT2D eigenvalue weighted by atomic mass is 9.93. The van der Waals surface area contributed by atoms with Crippen molar-refractivity contribution in [2.45, 2.75) is 39.9 Å². The van der Waals surface area contributed by atoms with Gasteiger partial charge in [-0.3, -0.25) is 0 Å². The minimum absolute atomic E-state index is 0.594. The fourth-order valence-corrected chi connectivity index (χ4v) is 4.81. The van der Waals surface area contributed by atoms with Crippen molar-refractivity contribution in [2.24, 2.45) is 0 Å². The van der Waals surface area contributed by atoms with Crippen LogP contribution in [0.15, 0.2) is 54.3 Å². The Morgan fingerprint density at radius 3 is 2.52 bits per heavy atom. The topological polar surface area (TPSA) is 18.5 Å². The smallest absolute Gasteiger partial charge is 0.183 e. The molecule has 150 valence electrons. The maximum atomic E-state index is 6.20. The van der Waals surface area contributed by atoms with Crippen molar-refractivity contribution in [2.75, 3.05) is 13.2 Å². The molecule has 0 spiro atoms. The van der Waals surface area contributed by atoms with E-state index < -0.39 is 8.32 Å². The third-order valence-electron chi connectivity index (χ3n) is 5.40. The van der Waals surface area contributed by atoms with Crippen LogP contribution in [-0.4, -0.2) is 21.5 Å². The van der Waals surface area contributed by atoms with E-state index in [0.717, 1.165) is 12.2 Å². The summed E-state index contributed by atoms with van der Waals surface area (Å²) in [5, 5.41) is 5.25. The van der Waals surface area contributed by atoms with Gasteiger partial charge in [-0.1, -0.05) is 48.0 Å². The summed E-state index contributed by atoms with van der Waals surface area (Å²) in [6, 6.07) is 13.2. The van der Waals surface area contributed by atoms with E-state index in [4.69, 9.17) is 9.16 Å². The van der Waals surface area contributed by atoms with Gasteiger partial charge in [-0.25, -0.2) is 0 Å². The van der Waals surface area contributed by atoms with Crippen molar-refractivity contribution in [1.29, 1.82) is 0 Å². The van der Waals surface area contributed by atoms with E-state index >= 15 is 0 Å². The summed E-state index contributed by atoms with van der Waals surface area (Å²) in [6.45, 7) is 12.3. The van der Waals surface area contributed by atoms with Crippen LogP contribution in [-0.2, 0) is 9.16 Å². The normalized spacial score (nSPS) is 14.7. The SMILES string of the molecule is CC(C)=c1ccc2c(c1C1=C(OCCO[Si](C)(C)C)C=CC1)C=c1ccccc1=2. The van der Waals surface area contributed by atoms with Crippen LogP contribution in [0.25, 0.3) is 17.2 Å². The van der Waals surface area contributed by atoms with Crippen LogP contribution in [0.2, 0.25) is 19.6 Å². The van der Waals surface area contributed by atoms with E-state index in [9.17, 15) is 0 Å². The molecule has 0 radical (unpaired) electrons. The molecule has 4 rings (SSSR count). The van der Waals surface area contributed by atoms with Crippen LogP contribution in [0.1, 0.15) is 31.4 Å². The fraction of sp³-hybridized carbons (Fsp3) is 0.308. The second-order valence-corrected chi connectivity index (χ2v) is 13.5. The fourth-order valence-electron chi connectivity index (χ4n) is 4.11. The second-order valence-electron chi connectivity index (χ2n) is 8.94. The molecule has 2 nitrogen and oxygen atoms in total. The largest absolute Gasteiger partial charge is 0.491 e. The molecule has 3 heteroatoms. The number of allylic oxidation sites excluding steroid dienone is 3. The number of rotatable bonds is 6. The van der Waals surface area contributed by atoms with Gasteiger partial charge in [0.25, 0.3) is 0 Å². The molecular formula is C26H30O2Si. The number of benzene rings is 2. The van der Waals surface area contributed by atoms with E-state index in [0.29, 0.717) is 13.2 Å². The lowest BCUT2D eigenvalue weighted by molar-refractivity contribution is 0.162. The average Bonchev–Trinajstić information content (AvgIpc) is 3.27. The Kier molecular flexibility index (Phi) is 5.37. The molecule has 0 N–H and O–H groups in total. The van der Waals surface area contributed by atoms with Crippen LogP contribution in [0, 0.1) is 10.4 Å². The molecule has 2 aromatic rings. The van der Waals surface area contributed by atoms with Crippen molar-refractivity contribution >= 4 is 25.5 Å². The van der Waals surface area contributed by atoms with Crippen LogP contribution in [0.5, 0.6) is 0 Å². The predicted octanol–water partition coefficient (Wildman–Crippen LogP) is 4.85. The minimum atomic E-state index is -1.51. The molecular weight excluding hydrogens is 372 g/mol. The minimum Gasteiger partial charge on any atom is -0.491 e. The van der Waals surface area contributed by atoms with Gasteiger partial charge in [0.2, 0.25) is 0 Å². The number of fused-ring (bicyclic) bond motifs is 2. The summed E-state index contributed by atoms with van der Waals surface area (Å²) in [4.78, 5) is 0. The molecule has 0 saturated heterocycles. The molecule has 2 aromatic carbocycles. The van der Waals surface area contributed by atoms with Gasteiger partial charge in [0, 0.05) is 5.57 Å². The molecule has 2 aliphatic carbocycles. The van der Waals surface area contributed by atoms with Gasteiger partial charge in [-0.05, 0) is 84.1 Å². The molecule has 0 fully saturated rings. The first kappa shape index (κ1) is 19.9. The van der Waals surface area contributed by atoms with E-state index in [1.54, 1.807) is 0 Å². The standard InChI is InChI=1S/C26H30O2Si/c1-18(2)20-13-14-22-21-10-7-6-9-19(21)17-24(22)26(20)23-11-8-12-25(23)27-15-16-28-29(3,4)5/h6-10,12-14,17H,11,15-16H2,1-5H3. The summed E-state index contributed by atoms with van der Waals surface area (Å²) in [6.07, 6.45) is 7.58. The van der Waals surface area contributed by atoms with E-state index in [-0.39, 0.29) is 0 Å². The van der Waals surface area contributed by atoms with Crippen LogP contribution >= 0.6 is 0 Å². The maximum absolute atomic E-state index is 6.20. The van der Waals surface area contributed by atoms with Crippen LogP contribution < -0.4 is 10.4 Å². The zero-order valence-electron chi connectivity index (χ0n) is 18.1. The molecule has 0 atom stereocenters. The van der Waals surface area contributed by atoms with Gasteiger partial charge in [0.1, 0.15) is 12.4 Å².